The van der Waals surface area contributed by atoms with E-state index >= 15 is 0 Å². The number of carbonyl (C=O) groups excluding carboxylic acids is 1. The van der Waals surface area contributed by atoms with Crippen LogP contribution in [0.2, 0.25) is 0 Å². The Kier molecular flexibility index (Phi) is 3.31. The second-order valence-corrected chi connectivity index (χ2v) is 5.86. The van der Waals surface area contributed by atoms with E-state index in [0.29, 0.717) is 35.3 Å². The number of amides is 1. The van der Waals surface area contributed by atoms with E-state index in [1.807, 2.05) is 0 Å². The second kappa shape index (κ2) is 5.46. The van der Waals surface area contributed by atoms with Crippen LogP contribution in [-0.4, -0.2) is 29.5 Å². The molecule has 6 nitrogen and oxygen atoms in total. The third-order valence-corrected chi connectivity index (χ3v) is 4.42. The fourth-order valence-corrected chi connectivity index (χ4v) is 3.31. The summed E-state index contributed by atoms with van der Waals surface area (Å²) < 4.78 is 10.5. The molecule has 2 aromatic rings. The van der Waals surface area contributed by atoms with E-state index in [0.717, 1.165) is 13.0 Å². The molecule has 0 spiro atoms. The molecule has 3 unspecified atom stereocenters. The second-order valence-electron chi connectivity index (χ2n) is 5.86. The molecule has 6 heteroatoms. The lowest BCUT2D eigenvalue weighted by Crippen LogP contribution is -2.44. The quantitative estimate of drug-likeness (QED) is 0.902. The van der Waals surface area contributed by atoms with Crippen molar-refractivity contribution in [2.45, 2.75) is 24.9 Å². The number of nitrogens with one attached hydrogen (secondary N) is 2. The highest BCUT2D eigenvalue weighted by atomic mass is 16.6. The van der Waals surface area contributed by atoms with Crippen LogP contribution < -0.4 is 15.4 Å². The monoisotopic (exact) mass is 299 g/mol. The zero-order valence-electron chi connectivity index (χ0n) is 12.0. The summed E-state index contributed by atoms with van der Waals surface area (Å²) in [4.78, 5) is 16.1. The lowest BCUT2D eigenvalue weighted by atomic mass is 10.0. The van der Waals surface area contributed by atoms with Crippen LogP contribution in [0.1, 0.15) is 23.2 Å². The van der Waals surface area contributed by atoms with Gasteiger partial charge in [-0.3, -0.25) is 4.79 Å². The van der Waals surface area contributed by atoms with E-state index in [4.69, 9.17) is 9.15 Å². The molecule has 1 aliphatic heterocycles. The third kappa shape index (κ3) is 2.57. The summed E-state index contributed by atoms with van der Waals surface area (Å²) in [5.41, 5.74) is 0.639. The number of hydrogen-bond donors (Lipinski definition) is 2. The van der Waals surface area contributed by atoms with Crippen molar-refractivity contribution in [1.29, 1.82) is 0 Å². The van der Waals surface area contributed by atoms with Crippen molar-refractivity contribution >= 4 is 5.91 Å². The highest BCUT2D eigenvalue weighted by molar-refractivity contribution is 5.94. The van der Waals surface area contributed by atoms with Crippen LogP contribution in [0.3, 0.4) is 0 Å². The molecule has 2 heterocycles. The number of hydrogen-bond acceptors (Lipinski definition) is 5. The molecule has 1 aromatic carbocycles. The molecule has 1 saturated heterocycles. The van der Waals surface area contributed by atoms with Crippen molar-refractivity contribution in [3.05, 3.63) is 42.4 Å². The minimum atomic E-state index is -0.0243. The molecule has 22 heavy (non-hydrogen) atoms. The van der Waals surface area contributed by atoms with Crippen molar-refractivity contribution in [3.8, 4) is 11.7 Å². The number of oxazole rings is 1. The van der Waals surface area contributed by atoms with Crippen LogP contribution in [0.25, 0.3) is 0 Å². The van der Waals surface area contributed by atoms with Crippen molar-refractivity contribution in [1.82, 2.24) is 15.6 Å². The molecule has 1 aliphatic carbocycles. The van der Waals surface area contributed by atoms with Crippen molar-refractivity contribution in [3.63, 3.8) is 0 Å². The lowest BCUT2D eigenvalue weighted by molar-refractivity contribution is 0.0925. The van der Waals surface area contributed by atoms with Gasteiger partial charge in [0.15, 0.2) is 6.39 Å². The van der Waals surface area contributed by atoms with E-state index in [-0.39, 0.29) is 5.91 Å². The topological polar surface area (TPSA) is 76.4 Å². The molecule has 2 aliphatic rings. The van der Waals surface area contributed by atoms with Crippen molar-refractivity contribution in [2.75, 3.05) is 6.54 Å². The number of nitrogens with zero attached hydrogens (tertiary/aromatic N) is 1. The van der Waals surface area contributed by atoms with Gasteiger partial charge in [0.25, 0.3) is 5.91 Å². The number of aromatic nitrogens is 1. The number of ether oxygens (including phenoxy) is 1. The fourth-order valence-electron chi connectivity index (χ4n) is 3.31. The normalized spacial score (nSPS) is 26.1. The van der Waals surface area contributed by atoms with E-state index in [1.54, 1.807) is 24.3 Å². The smallest absolute Gasteiger partial charge is 0.310 e. The zero-order valence-corrected chi connectivity index (χ0v) is 12.0. The Labute approximate surface area is 127 Å². The van der Waals surface area contributed by atoms with Crippen LogP contribution in [0.15, 0.2) is 41.3 Å². The van der Waals surface area contributed by atoms with Gasteiger partial charge in [-0.15, -0.1) is 0 Å². The molecular weight excluding hydrogens is 282 g/mol. The predicted molar refractivity (Wildman–Crippen MR) is 78.8 cm³/mol. The maximum Gasteiger partial charge on any atom is 0.310 e. The Morgan fingerprint density at radius 2 is 2.18 bits per heavy atom. The average Bonchev–Trinajstić information content (AvgIpc) is 3.25. The molecule has 1 saturated carbocycles. The summed E-state index contributed by atoms with van der Waals surface area (Å²) in [6, 6.07) is 7.88. The van der Waals surface area contributed by atoms with Gasteiger partial charge in [-0.1, -0.05) is 0 Å². The predicted octanol–water partition coefficient (Wildman–Crippen LogP) is 1.95. The first-order valence-corrected chi connectivity index (χ1v) is 7.48. The summed E-state index contributed by atoms with van der Waals surface area (Å²) in [5.74, 6) is 1.48. The molecule has 1 amide bonds. The van der Waals surface area contributed by atoms with E-state index in [9.17, 15) is 4.79 Å². The maximum atomic E-state index is 12.3. The number of fused-ring (bicyclic) bond motifs is 2. The minimum absolute atomic E-state index is 0.0243. The first kappa shape index (κ1) is 13.3. The largest absolute Gasteiger partial charge is 0.425 e. The molecule has 114 valence electrons. The molecular formula is C16H17N3O3. The maximum absolute atomic E-state index is 12.3. The standard InChI is InChI=1S/C16H17N3O3/c20-16(19-14-6-12-5-11(14)7-18-12)10-1-3-13(4-2-10)22-15-8-17-9-21-15/h1-4,8-9,11-12,14,18H,5-7H2,(H,19,20). The Hall–Kier alpha value is -2.34. The van der Waals surface area contributed by atoms with Gasteiger partial charge in [0.05, 0.1) is 0 Å². The van der Waals surface area contributed by atoms with Crippen LogP contribution in [0.5, 0.6) is 11.7 Å². The molecule has 2 fully saturated rings. The van der Waals surface area contributed by atoms with Gasteiger partial charge in [0.1, 0.15) is 11.9 Å². The van der Waals surface area contributed by atoms with Gasteiger partial charge >= 0.3 is 5.95 Å². The van der Waals surface area contributed by atoms with E-state index in [2.05, 4.69) is 15.6 Å². The van der Waals surface area contributed by atoms with E-state index in [1.165, 1.54) is 19.0 Å². The SMILES string of the molecule is O=C(NC1CC2CC1CN2)c1ccc(Oc2cnco2)cc1. The first-order valence-electron chi connectivity index (χ1n) is 7.48. The van der Waals surface area contributed by atoms with Gasteiger partial charge in [-0.2, -0.15) is 0 Å². The van der Waals surface area contributed by atoms with Gasteiger partial charge in [0.2, 0.25) is 0 Å². The third-order valence-electron chi connectivity index (χ3n) is 4.42. The number of rotatable bonds is 4. The summed E-state index contributed by atoms with van der Waals surface area (Å²) in [6.07, 6.45) is 5.00. The lowest BCUT2D eigenvalue weighted by Gasteiger charge is -2.23. The van der Waals surface area contributed by atoms with Crippen LogP contribution in [0, 0.1) is 5.92 Å². The molecule has 2 bridgehead atoms. The summed E-state index contributed by atoms with van der Waals surface area (Å²) >= 11 is 0. The Morgan fingerprint density at radius 3 is 2.82 bits per heavy atom. The number of benzene rings is 1. The Morgan fingerprint density at radius 1 is 1.32 bits per heavy atom. The molecule has 3 atom stereocenters. The van der Waals surface area contributed by atoms with Crippen molar-refractivity contribution < 1.29 is 13.9 Å². The zero-order chi connectivity index (χ0) is 14.9. The molecule has 2 N–H and O–H groups in total. The average molecular weight is 299 g/mol. The van der Waals surface area contributed by atoms with Gasteiger partial charge in [0, 0.05) is 24.2 Å². The van der Waals surface area contributed by atoms with Crippen LogP contribution in [0.4, 0.5) is 0 Å². The number of carbonyl (C=O) groups is 1. The summed E-state index contributed by atoms with van der Waals surface area (Å²) in [5, 5.41) is 6.59. The molecule has 1 aromatic heterocycles. The van der Waals surface area contributed by atoms with Gasteiger partial charge in [-0.05, 0) is 43.0 Å². The molecule has 4 rings (SSSR count). The van der Waals surface area contributed by atoms with Crippen LogP contribution >= 0.6 is 0 Å². The minimum Gasteiger partial charge on any atom is -0.425 e. The fraction of sp³-hybridized carbons (Fsp3) is 0.375. The van der Waals surface area contributed by atoms with Gasteiger partial charge in [-0.25, -0.2) is 4.98 Å². The first-order chi connectivity index (χ1) is 10.8. The van der Waals surface area contributed by atoms with Crippen molar-refractivity contribution in [2.24, 2.45) is 5.92 Å². The van der Waals surface area contributed by atoms with E-state index < -0.39 is 0 Å². The molecule has 0 radical (unpaired) electrons. The van der Waals surface area contributed by atoms with Gasteiger partial charge < -0.3 is 19.8 Å². The van der Waals surface area contributed by atoms with Crippen LogP contribution in [-0.2, 0) is 0 Å². The number of piperidine rings is 1. The highest BCUT2D eigenvalue weighted by Crippen LogP contribution is 2.31. The summed E-state index contributed by atoms with van der Waals surface area (Å²) in [7, 11) is 0. The highest BCUT2D eigenvalue weighted by Gasteiger charge is 2.39. The summed E-state index contributed by atoms with van der Waals surface area (Å²) in [6.45, 7) is 1.01. The Bertz CT molecular complexity index is 654. The Balaban J connectivity index is 1.38.